The van der Waals surface area contributed by atoms with Gasteiger partial charge in [-0.3, -0.25) is 14.0 Å². The molecule has 0 radical (unpaired) electrons. The lowest BCUT2D eigenvalue weighted by Crippen LogP contribution is -2.50. The van der Waals surface area contributed by atoms with Gasteiger partial charge in [0.1, 0.15) is 0 Å². The van der Waals surface area contributed by atoms with Gasteiger partial charge in [-0.05, 0) is 43.4 Å². The molecule has 0 aliphatic carbocycles. The smallest absolute Gasteiger partial charge is 0.267 e. The molecule has 0 bridgehead atoms. The highest BCUT2D eigenvalue weighted by Gasteiger charge is 2.37. The first-order valence-corrected chi connectivity index (χ1v) is 18.8. The number of hydrogen-bond donors (Lipinski definition) is 0. The van der Waals surface area contributed by atoms with Gasteiger partial charge in [-0.2, -0.15) is 9.42 Å². The lowest BCUT2D eigenvalue weighted by atomic mass is 10.0. The second-order valence-corrected chi connectivity index (χ2v) is 14.0. The van der Waals surface area contributed by atoms with Crippen molar-refractivity contribution in [3.63, 3.8) is 0 Å². The number of halogens is 1. The Morgan fingerprint density at radius 2 is 1.02 bits per heavy atom. The van der Waals surface area contributed by atoms with E-state index in [1.54, 1.807) is 12.1 Å². The van der Waals surface area contributed by atoms with Crippen LogP contribution in [0.1, 0.15) is 147 Å². The number of unbranched alkanes of at least 4 members (excludes halogenated alkanes) is 19. The molecule has 0 spiro atoms. The number of sulfonamides is 1. The third-order valence-electron chi connectivity index (χ3n) is 8.24. The average molecular weight is 621 g/mol. The normalized spacial score (nSPS) is 13.4. The summed E-state index contributed by atoms with van der Waals surface area (Å²) in [4.78, 5) is 24.9. The summed E-state index contributed by atoms with van der Waals surface area (Å²) in [5, 5.41) is 0.709. The minimum atomic E-state index is -3.96. The molecular formula is C35H57FN2O4S. The van der Waals surface area contributed by atoms with Gasteiger partial charge in [0.05, 0.1) is 18.1 Å². The number of aryl methyl sites for hydroxylation is 1. The molecular weight excluding hydrogens is 563 g/mol. The van der Waals surface area contributed by atoms with Gasteiger partial charge in [-0.1, -0.05) is 135 Å². The molecule has 0 unspecified atom stereocenters. The van der Waals surface area contributed by atoms with E-state index in [9.17, 15) is 22.4 Å². The molecule has 6 nitrogen and oxygen atoms in total. The number of benzene rings is 1. The van der Waals surface area contributed by atoms with Crippen molar-refractivity contribution in [3.8, 4) is 0 Å². The fraction of sp³-hybridized carbons (Fsp3) is 0.714. The Morgan fingerprint density at radius 3 is 1.49 bits per heavy atom. The molecule has 1 aromatic rings. The largest absolute Gasteiger partial charge is 0.273 e. The Labute approximate surface area is 261 Å². The standard InChI is InChI=1S/C35H57FN2O4S/c1-2-3-4-5-6-7-8-9-10-11-12-13-14-17-20-23-32-24-26-33(27-25-32)38(37-34(39)28-29-35(37)40)43(41,42)31-22-19-16-15-18-21-30-36/h24-29H,2-23,30-31H2,1H3. The third kappa shape index (κ3) is 14.9. The van der Waals surface area contributed by atoms with Gasteiger partial charge < -0.3 is 0 Å². The van der Waals surface area contributed by atoms with Crippen LogP contribution in [0.3, 0.4) is 0 Å². The molecule has 0 saturated heterocycles. The zero-order valence-corrected chi connectivity index (χ0v) is 27.6. The first-order chi connectivity index (χ1) is 20.9. The molecule has 0 fully saturated rings. The summed E-state index contributed by atoms with van der Waals surface area (Å²) in [6.07, 6.45) is 27.1. The first-order valence-electron chi connectivity index (χ1n) is 17.1. The van der Waals surface area contributed by atoms with E-state index in [0.717, 1.165) is 54.2 Å². The molecule has 8 heteroatoms. The first kappa shape index (κ1) is 37.0. The van der Waals surface area contributed by atoms with Crippen LogP contribution < -0.4 is 4.41 Å². The highest BCUT2D eigenvalue weighted by molar-refractivity contribution is 7.92. The minimum Gasteiger partial charge on any atom is -0.267 e. The van der Waals surface area contributed by atoms with Gasteiger partial charge in [0.2, 0.25) is 0 Å². The summed E-state index contributed by atoms with van der Waals surface area (Å²) in [6, 6.07) is 7.16. The van der Waals surface area contributed by atoms with E-state index in [-0.39, 0.29) is 18.1 Å². The number of hydrogen-bond acceptors (Lipinski definition) is 4. The van der Waals surface area contributed by atoms with Crippen molar-refractivity contribution in [3.05, 3.63) is 42.0 Å². The van der Waals surface area contributed by atoms with Crippen molar-refractivity contribution in [2.75, 3.05) is 16.8 Å². The van der Waals surface area contributed by atoms with Crippen LogP contribution in [0.4, 0.5) is 10.1 Å². The van der Waals surface area contributed by atoms with Gasteiger partial charge in [0.25, 0.3) is 21.8 Å². The van der Waals surface area contributed by atoms with Crippen LogP contribution in [0, 0.1) is 0 Å². The fourth-order valence-electron chi connectivity index (χ4n) is 5.64. The monoisotopic (exact) mass is 620 g/mol. The van der Waals surface area contributed by atoms with Crippen LogP contribution in [0.5, 0.6) is 0 Å². The van der Waals surface area contributed by atoms with Crippen molar-refractivity contribution >= 4 is 27.5 Å². The molecule has 244 valence electrons. The van der Waals surface area contributed by atoms with E-state index in [0.29, 0.717) is 24.3 Å². The van der Waals surface area contributed by atoms with Crippen molar-refractivity contribution in [2.24, 2.45) is 0 Å². The zero-order chi connectivity index (χ0) is 31.2. The van der Waals surface area contributed by atoms with Crippen molar-refractivity contribution in [1.82, 2.24) is 5.01 Å². The number of nitrogens with zero attached hydrogens (tertiary/aromatic N) is 2. The lowest BCUT2D eigenvalue weighted by Gasteiger charge is -2.31. The highest BCUT2D eigenvalue weighted by Crippen LogP contribution is 2.26. The molecule has 0 atom stereocenters. The number of anilines is 1. The molecule has 1 aliphatic heterocycles. The van der Waals surface area contributed by atoms with Crippen LogP contribution >= 0.6 is 0 Å². The molecule has 2 amide bonds. The molecule has 0 N–H and O–H groups in total. The quantitative estimate of drug-likeness (QED) is 0.0725. The number of carbonyl (C=O) groups excluding carboxylic acids is 2. The molecule has 0 saturated carbocycles. The van der Waals surface area contributed by atoms with E-state index in [4.69, 9.17) is 0 Å². The zero-order valence-electron chi connectivity index (χ0n) is 26.7. The summed E-state index contributed by atoms with van der Waals surface area (Å²) in [5.41, 5.74) is 1.40. The van der Waals surface area contributed by atoms with E-state index >= 15 is 0 Å². The molecule has 1 aromatic carbocycles. The fourth-order valence-corrected chi connectivity index (χ4v) is 7.23. The van der Waals surface area contributed by atoms with Crippen LogP contribution in [-0.4, -0.2) is 37.7 Å². The lowest BCUT2D eigenvalue weighted by molar-refractivity contribution is -0.136. The predicted molar refractivity (Wildman–Crippen MR) is 176 cm³/mol. The Bertz CT molecular complexity index is 1020. The molecule has 2 rings (SSSR count). The number of amides is 2. The topological polar surface area (TPSA) is 74.8 Å². The maximum Gasteiger partial charge on any atom is 0.273 e. The third-order valence-corrected chi connectivity index (χ3v) is 9.95. The van der Waals surface area contributed by atoms with E-state index in [1.165, 1.54) is 89.9 Å². The Hall–Kier alpha value is -2.22. The Balaban J connectivity index is 1.72. The number of carbonyl (C=O) groups is 2. The highest BCUT2D eigenvalue weighted by atomic mass is 32.2. The number of hydrazine groups is 1. The minimum absolute atomic E-state index is 0.173. The van der Waals surface area contributed by atoms with Gasteiger partial charge in [-0.25, -0.2) is 8.42 Å². The van der Waals surface area contributed by atoms with Gasteiger partial charge in [0.15, 0.2) is 0 Å². The number of alkyl halides is 1. The summed E-state index contributed by atoms with van der Waals surface area (Å²) >= 11 is 0. The van der Waals surface area contributed by atoms with Crippen LogP contribution in [0.15, 0.2) is 36.4 Å². The van der Waals surface area contributed by atoms with Crippen LogP contribution in [0.2, 0.25) is 0 Å². The molecule has 0 aromatic heterocycles. The molecule has 1 aliphatic rings. The summed E-state index contributed by atoms with van der Waals surface area (Å²) in [5.74, 6) is -1.50. The van der Waals surface area contributed by atoms with E-state index in [1.807, 2.05) is 12.1 Å². The summed E-state index contributed by atoms with van der Waals surface area (Å²) in [7, 11) is -3.96. The maximum absolute atomic E-state index is 13.4. The Kier molecular flexibility index (Phi) is 19.2. The predicted octanol–water partition coefficient (Wildman–Crippen LogP) is 9.39. The summed E-state index contributed by atoms with van der Waals surface area (Å²) < 4.78 is 39.9. The van der Waals surface area contributed by atoms with Gasteiger partial charge in [-0.15, -0.1) is 0 Å². The van der Waals surface area contributed by atoms with Gasteiger partial charge >= 0.3 is 0 Å². The average Bonchev–Trinajstić information content (AvgIpc) is 3.32. The van der Waals surface area contributed by atoms with E-state index in [2.05, 4.69) is 6.92 Å². The second kappa shape index (κ2) is 22.3. The summed E-state index contributed by atoms with van der Waals surface area (Å²) in [6.45, 7) is 1.94. The second-order valence-electron chi connectivity index (χ2n) is 12.1. The maximum atomic E-state index is 13.4. The van der Waals surface area contributed by atoms with Crippen molar-refractivity contribution in [1.29, 1.82) is 0 Å². The molecule has 1 heterocycles. The van der Waals surface area contributed by atoms with Crippen LogP contribution in [-0.2, 0) is 26.0 Å². The van der Waals surface area contributed by atoms with Gasteiger partial charge in [0, 0.05) is 12.2 Å². The number of imide groups is 1. The molecule has 43 heavy (non-hydrogen) atoms. The van der Waals surface area contributed by atoms with Crippen molar-refractivity contribution in [2.45, 2.75) is 148 Å². The van der Waals surface area contributed by atoms with Crippen molar-refractivity contribution < 1.29 is 22.4 Å². The van der Waals surface area contributed by atoms with E-state index < -0.39 is 21.8 Å². The Morgan fingerprint density at radius 1 is 0.605 bits per heavy atom. The van der Waals surface area contributed by atoms with Crippen LogP contribution in [0.25, 0.3) is 0 Å². The SMILES string of the molecule is CCCCCCCCCCCCCCCCCc1ccc(N(N2C(=O)C=CC2=O)S(=O)(=O)CCCCCCCCF)cc1. The number of rotatable bonds is 27.